The van der Waals surface area contributed by atoms with Gasteiger partial charge in [0.2, 0.25) is 5.95 Å². The van der Waals surface area contributed by atoms with E-state index in [0.29, 0.717) is 11.9 Å². The Kier molecular flexibility index (Phi) is 5.24. The SMILES string of the molecule is CCCC1CCN(C(=O)Nc2nc3c([nH]2)=C(c2cnn(C)c2)CCC=3CC)C1. The molecule has 1 unspecified atom stereocenters. The first-order valence-electron chi connectivity index (χ1n) is 10.4. The highest BCUT2D eigenvalue weighted by atomic mass is 16.2. The Balaban J connectivity index is 1.63. The van der Waals surface area contributed by atoms with Gasteiger partial charge in [0.05, 0.1) is 16.9 Å². The van der Waals surface area contributed by atoms with Crippen LogP contribution in [-0.4, -0.2) is 43.8 Å². The van der Waals surface area contributed by atoms with Crippen LogP contribution in [0.2, 0.25) is 0 Å². The number of hydrogen-bond donors (Lipinski definition) is 2. The van der Waals surface area contributed by atoms with E-state index in [-0.39, 0.29) is 6.03 Å². The first-order chi connectivity index (χ1) is 13.6. The van der Waals surface area contributed by atoms with Crippen molar-refractivity contribution in [2.75, 3.05) is 18.4 Å². The van der Waals surface area contributed by atoms with Crippen molar-refractivity contribution in [1.82, 2.24) is 24.6 Å². The lowest BCUT2D eigenvalue weighted by molar-refractivity contribution is 0.220. The van der Waals surface area contributed by atoms with E-state index < -0.39 is 0 Å². The van der Waals surface area contributed by atoms with Crippen LogP contribution in [0.15, 0.2) is 12.4 Å². The zero-order valence-corrected chi connectivity index (χ0v) is 17.1. The van der Waals surface area contributed by atoms with Gasteiger partial charge in [0.15, 0.2) is 0 Å². The minimum absolute atomic E-state index is 0.0503. The second kappa shape index (κ2) is 7.81. The molecule has 4 rings (SSSR count). The van der Waals surface area contributed by atoms with Crippen LogP contribution in [0.25, 0.3) is 11.1 Å². The number of fused-ring (bicyclic) bond motifs is 1. The van der Waals surface area contributed by atoms with Crippen molar-refractivity contribution in [2.24, 2.45) is 13.0 Å². The Morgan fingerprint density at radius 1 is 1.36 bits per heavy atom. The molecule has 1 atom stereocenters. The Morgan fingerprint density at radius 2 is 2.21 bits per heavy atom. The smallest absolute Gasteiger partial charge is 0.324 e. The molecule has 1 aliphatic heterocycles. The molecule has 0 bridgehead atoms. The third kappa shape index (κ3) is 3.57. The normalized spacial score (nSPS) is 19.2. The number of rotatable bonds is 5. The van der Waals surface area contributed by atoms with Gasteiger partial charge in [-0.05, 0) is 49.2 Å². The number of aryl methyl sites for hydroxylation is 1. The molecule has 28 heavy (non-hydrogen) atoms. The van der Waals surface area contributed by atoms with Crippen LogP contribution >= 0.6 is 0 Å². The molecule has 2 aromatic heterocycles. The molecule has 0 saturated carbocycles. The van der Waals surface area contributed by atoms with Crippen LogP contribution in [-0.2, 0) is 7.05 Å². The number of carbonyl (C=O) groups is 1. The minimum atomic E-state index is -0.0503. The molecule has 0 aromatic carbocycles. The van der Waals surface area contributed by atoms with E-state index >= 15 is 0 Å². The number of amides is 2. The Morgan fingerprint density at radius 3 is 2.93 bits per heavy atom. The van der Waals surface area contributed by atoms with Crippen LogP contribution in [0.3, 0.4) is 0 Å². The van der Waals surface area contributed by atoms with Gasteiger partial charge < -0.3 is 9.88 Å². The fraction of sp³-hybridized carbons (Fsp3) is 0.571. The van der Waals surface area contributed by atoms with E-state index in [2.05, 4.69) is 29.2 Å². The van der Waals surface area contributed by atoms with Crippen LogP contribution in [0.5, 0.6) is 0 Å². The van der Waals surface area contributed by atoms with Gasteiger partial charge >= 0.3 is 6.03 Å². The average Bonchev–Trinajstić information content (AvgIpc) is 3.40. The third-order valence-corrected chi connectivity index (χ3v) is 5.99. The van der Waals surface area contributed by atoms with E-state index in [9.17, 15) is 4.79 Å². The van der Waals surface area contributed by atoms with Crippen LogP contribution in [0.1, 0.15) is 57.9 Å². The van der Waals surface area contributed by atoms with Gasteiger partial charge in [-0.1, -0.05) is 20.3 Å². The van der Waals surface area contributed by atoms with Crippen molar-refractivity contribution in [3.63, 3.8) is 0 Å². The highest BCUT2D eigenvalue weighted by Gasteiger charge is 2.26. The fourth-order valence-electron chi connectivity index (χ4n) is 4.48. The largest absolute Gasteiger partial charge is 0.324 e. The Hall–Kier alpha value is -2.57. The molecule has 2 aliphatic rings. The minimum Gasteiger partial charge on any atom is -0.324 e. The maximum absolute atomic E-state index is 12.7. The van der Waals surface area contributed by atoms with E-state index in [0.717, 1.165) is 55.0 Å². The van der Waals surface area contributed by atoms with E-state index in [4.69, 9.17) is 4.98 Å². The number of urea groups is 1. The molecule has 2 aromatic rings. The molecule has 7 nitrogen and oxygen atoms in total. The summed E-state index contributed by atoms with van der Waals surface area (Å²) in [7, 11) is 1.93. The topological polar surface area (TPSA) is 78.8 Å². The molecule has 0 radical (unpaired) electrons. The molecular formula is C21H30N6O. The number of aromatic nitrogens is 4. The van der Waals surface area contributed by atoms with Crippen LogP contribution in [0, 0.1) is 5.92 Å². The molecule has 1 fully saturated rings. The lowest BCUT2D eigenvalue weighted by atomic mass is 9.94. The second-order valence-electron chi connectivity index (χ2n) is 7.97. The summed E-state index contributed by atoms with van der Waals surface area (Å²) in [5.41, 5.74) is 3.67. The Labute approximate surface area is 165 Å². The van der Waals surface area contributed by atoms with Crippen molar-refractivity contribution in [3.05, 3.63) is 28.7 Å². The monoisotopic (exact) mass is 382 g/mol. The van der Waals surface area contributed by atoms with Crippen LogP contribution in [0.4, 0.5) is 10.7 Å². The summed E-state index contributed by atoms with van der Waals surface area (Å²) >= 11 is 0. The predicted molar refractivity (Wildman–Crippen MR) is 110 cm³/mol. The summed E-state index contributed by atoms with van der Waals surface area (Å²) in [6, 6.07) is -0.0503. The molecule has 0 spiro atoms. The van der Waals surface area contributed by atoms with Gasteiger partial charge in [0, 0.05) is 31.9 Å². The molecule has 2 N–H and O–H groups in total. The molecule has 150 valence electrons. The molecule has 2 amide bonds. The van der Waals surface area contributed by atoms with Gasteiger partial charge in [0.1, 0.15) is 0 Å². The van der Waals surface area contributed by atoms with Crippen molar-refractivity contribution >= 4 is 23.1 Å². The summed E-state index contributed by atoms with van der Waals surface area (Å²) in [4.78, 5) is 22.8. The van der Waals surface area contributed by atoms with Gasteiger partial charge in [-0.3, -0.25) is 10.00 Å². The zero-order valence-electron chi connectivity index (χ0n) is 17.1. The number of imidazole rings is 1. The quantitative estimate of drug-likeness (QED) is 0.833. The molecule has 3 heterocycles. The van der Waals surface area contributed by atoms with Crippen LogP contribution < -0.4 is 16.0 Å². The zero-order chi connectivity index (χ0) is 19.7. The Bertz CT molecular complexity index is 985. The van der Waals surface area contributed by atoms with E-state index in [1.165, 1.54) is 24.0 Å². The van der Waals surface area contributed by atoms with Crippen molar-refractivity contribution in [3.8, 4) is 0 Å². The number of nitrogens with zero attached hydrogens (tertiary/aromatic N) is 4. The van der Waals surface area contributed by atoms with Gasteiger partial charge in [0.25, 0.3) is 0 Å². The summed E-state index contributed by atoms with van der Waals surface area (Å²) in [5, 5.41) is 9.33. The number of anilines is 1. The van der Waals surface area contributed by atoms with Crippen molar-refractivity contribution < 1.29 is 4.79 Å². The number of carbonyl (C=O) groups excluding carboxylic acids is 1. The fourth-order valence-corrected chi connectivity index (χ4v) is 4.48. The summed E-state index contributed by atoms with van der Waals surface area (Å²) in [6.07, 6.45) is 10.3. The van der Waals surface area contributed by atoms with E-state index in [1.807, 2.05) is 29.0 Å². The predicted octanol–water partition coefficient (Wildman–Crippen LogP) is 2.35. The summed E-state index contributed by atoms with van der Waals surface area (Å²) < 4.78 is 1.82. The maximum Gasteiger partial charge on any atom is 0.324 e. The number of nitrogens with one attached hydrogen (secondary N) is 2. The lowest BCUT2D eigenvalue weighted by Crippen LogP contribution is -2.33. The van der Waals surface area contributed by atoms with Gasteiger partial charge in [-0.15, -0.1) is 0 Å². The number of H-pyrrole nitrogens is 1. The van der Waals surface area contributed by atoms with Crippen molar-refractivity contribution in [2.45, 2.75) is 52.4 Å². The second-order valence-corrected chi connectivity index (χ2v) is 7.97. The first kappa shape index (κ1) is 18.8. The summed E-state index contributed by atoms with van der Waals surface area (Å²) in [5.74, 6) is 1.18. The number of hydrogen-bond acceptors (Lipinski definition) is 3. The molecule has 1 aliphatic carbocycles. The highest BCUT2D eigenvalue weighted by Crippen LogP contribution is 2.23. The van der Waals surface area contributed by atoms with Gasteiger partial charge in [-0.2, -0.15) is 5.10 Å². The van der Waals surface area contributed by atoms with Crippen molar-refractivity contribution in [1.29, 1.82) is 0 Å². The first-order valence-corrected chi connectivity index (χ1v) is 10.4. The molecular weight excluding hydrogens is 352 g/mol. The summed E-state index contributed by atoms with van der Waals surface area (Å²) in [6.45, 7) is 6.04. The maximum atomic E-state index is 12.7. The van der Waals surface area contributed by atoms with E-state index in [1.54, 1.807) is 0 Å². The number of aromatic amines is 1. The third-order valence-electron chi connectivity index (χ3n) is 5.99. The molecule has 7 heteroatoms. The highest BCUT2D eigenvalue weighted by molar-refractivity contribution is 5.87. The standard InChI is InChI=1S/C21H30N6O/c1-4-6-14-9-10-27(12-14)21(28)25-20-23-18-15(5-2)7-8-17(19(18)24-20)16-11-22-26(3)13-16/h11,13-14H,4-10,12H2,1-3H3,(H2,23,24,25,28). The number of likely N-dealkylation sites (tertiary alicyclic amines) is 1. The van der Waals surface area contributed by atoms with Gasteiger partial charge in [-0.25, -0.2) is 9.78 Å². The lowest BCUT2D eigenvalue weighted by Gasteiger charge is -2.16. The average molecular weight is 383 g/mol. The molecule has 1 saturated heterocycles.